The van der Waals surface area contributed by atoms with Gasteiger partial charge in [-0.15, -0.1) is 0 Å². The molecule has 130 valence electrons. The van der Waals surface area contributed by atoms with Crippen molar-refractivity contribution in [2.45, 2.75) is 6.54 Å². The molecule has 0 saturated heterocycles. The predicted octanol–water partition coefficient (Wildman–Crippen LogP) is 2.55. The van der Waals surface area contributed by atoms with Crippen molar-refractivity contribution in [2.75, 3.05) is 0 Å². The monoisotopic (exact) mass is 354 g/mol. The van der Waals surface area contributed by atoms with E-state index in [1.165, 1.54) is 6.33 Å². The fourth-order valence-electron chi connectivity index (χ4n) is 3.24. The Morgan fingerprint density at radius 1 is 0.963 bits per heavy atom. The van der Waals surface area contributed by atoms with Crippen LogP contribution in [0.4, 0.5) is 0 Å². The van der Waals surface area contributed by atoms with Gasteiger partial charge in [0.05, 0.1) is 23.1 Å². The van der Waals surface area contributed by atoms with Crippen LogP contribution in [0.5, 0.6) is 0 Å². The highest BCUT2D eigenvalue weighted by molar-refractivity contribution is 5.93. The molecule has 4 heterocycles. The number of rotatable bonds is 3. The van der Waals surface area contributed by atoms with E-state index in [-0.39, 0.29) is 5.56 Å². The first-order valence-corrected chi connectivity index (χ1v) is 8.48. The van der Waals surface area contributed by atoms with Gasteiger partial charge in [-0.2, -0.15) is 14.6 Å². The molecule has 0 saturated carbocycles. The molecule has 0 fully saturated rings. The zero-order valence-corrected chi connectivity index (χ0v) is 14.2. The van der Waals surface area contributed by atoms with Crippen LogP contribution in [0.3, 0.4) is 0 Å². The number of fused-ring (bicyclic) bond motifs is 2. The minimum Gasteiger partial charge on any atom is -0.310 e. The van der Waals surface area contributed by atoms with Crippen molar-refractivity contribution in [1.82, 2.24) is 29.1 Å². The molecule has 0 unspecified atom stereocenters. The summed E-state index contributed by atoms with van der Waals surface area (Å²) in [6, 6.07) is 15.4. The van der Waals surface area contributed by atoms with Gasteiger partial charge in [0.25, 0.3) is 11.3 Å². The Morgan fingerprint density at radius 3 is 2.59 bits per heavy atom. The minimum atomic E-state index is -0.118. The molecule has 0 spiro atoms. The number of benzene rings is 1. The third kappa shape index (κ3) is 2.56. The molecule has 0 radical (unpaired) electrons. The zero-order valence-electron chi connectivity index (χ0n) is 14.2. The van der Waals surface area contributed by atoms with E-state index in [4.69, 9.17) is 0 Å². The Kier molecular flexibility index (Phi) is 3.50. The van der Waals surface area contributed by atoms with Gasteiger partial charge < -0.3 is 4.57 Å². The van der Waals surface area contributed by atoms with Crippen molar-refractivity contribution in [3.63, 3.8) is 0 Å². The van der Waals surface area contributed by atoms with Crippen molar-refractivity contribution < 1.29 is 0 Å². The average molecular weight is 354 g/mol. The third-order valence-electron chi connectivity index (χ3n) is 4.49. The Labute approximate surface area is 153 Å². The van der Waals surface area contributed by atoms with Gasteiger partial charge in [0, 0.05) is 24.2 Å². The van der Waals surface area contributed by atoms with Gasteiger partial charge in [-0.25, -0.2) is 4.98 Å². The van der Waals surface area contributed by atoms with E-state index in [1.807, 2.05) is 48.5 Å². The molecule has 0 aliphatic heterocycles. The molecule has 0 aliphatic rings. The summed E-state index contributed by atoms with van der Waals surface area (Å²) >= 11 is 0. The van der Waals surface area contributed by atoms with Crippen LogP contribution < -0.4 is 5.56 Å². The Bertz CT molecular complexity index is 1310. The van der Waals surface area contributed by atoms with Gasteiger partial charge in [-0.1, -0.05) is 30.3 Å². The maximum Gasteiger partial charge on any atom is 0.262 e. The van der Waals surface area contributed by atoms with Crippen molar-refractivity contribution >= 4 is 16.7 Å². The topological polar surface area (TPSA) is 78.0 Å². The van der Waals surface area contributed by atoms with Crippen LogP contribution in [0.2, 0.25) is 0 Å². The summed E-state index contributed by atoms with van der Waals surface area (Å²) in [5.74, 6) is 0.465. The summed E-state index contributed by atoms with van der Waals surface area (Å²) in [4.78, 5) is 26.1. The van der Waals surface area contributed by atoms with Gasteiger partial charge in [-0.3, -0.25) is 9.78 Å². The number of nitrogens with zero attached hydrogens (tertiary/aromatic N) is 6. The molecule has 0 amide bonds. The summed E-state index contributed by atoms with van der Waals surface area (Å²) in [5.41, 5.74) is 3.07. The molecule has 0 atom stereocenters. The zero-order chi connectivity index (χ0) is 18.2. The summed E-state index contributed by atoms with van der Waals surface area (Å²) in [6.07, 6.45) is 6.65. The van der Waals surface area contributed by atoms with Crippen LogP contribution in [0.15, 0.2) is 78.2 Å². The normalized spacial score (nSPS) is 11.3. The highest BCUT2D eigenvalue weighted by Gasteiger charge is 2.16. The standard InChI is InChI=1S/C20H14N6O/c27-19-17-16(8-11-25(19)12-14-6-9-21-10-7-14)24-20-22-13-23-26(20)18(17)15-4-2-1-3-5-15/h1-11,13H,12H2. The molecular weight excluding hydrogens is 340 g/mol. The second-order valence-electron chi connectivity index (χ2n) is 6.16. The van der Waals surface area contributed by atoms with E-state index < -0.39 is 0 Å². The summed E-state index contributed by atoms with van der Waals surface area (Å²) < 4.78 is 3.30. The molecule has 7 nitrogen and oxygen atoms in total. The molecule has 1 aromatic carbocycles. The number of hydrogen-bond donors (Lipinski definition) is 0. The largest absolute Gasteiger partial charge is 0.310 e. The summed E-state index contributed by atoms with van der Waals surface area (Å²) in [6.45, 7) is 0.459. The second-order valence-corrected chi connectivity index (χ2v) is 6.16. The maximum atomic E-state index is 13.3. The van der Waals surface area contributed by atoms with E-state index in [1.54, 1.807) is 27.7 Å². The molecular formula is C20H14N6O. The van der Waals surface area contributed by atoms with Crippen LogP contribution in [0, 0.1) is 0 Å². The molecule has 27 heavy (non-hydrogen) atoms. The Morgan fingerprint density at radius 2 is 1.78 bits per heavy atom. The van der Waals surface area contributed by atoms with Crippen LogP contribution in [0.1, 0.15) is 5.56 Å². The quantitative estimate of drug-likeness (QED) is 0.498. The van der Waals surface area contributed by atoms with Gasteiger partial charge >= 0.3 is 0 Å². The van der Waals surface area contributed by atoms with Gasteiger partial charge in [0.2, 0.25) is 0 Å². The lowest BCUT2D eigenvalue weighted by molar-refractivity contribution is 0.765. The fraction of sp³-hybridized carbons (Fsp3) is 0.0500. The molecule has 5 rings (SSSR count). The fourth-order valence-corrected chi connectivity index (χ4v) is 3.24. The van der Waals surface area contributed by atoms with Crippen LogP contribution in [-0.2, 0) is 6.54 Å². The van der Waals surface area contributed by atoms with Crippen LogP contribution in [-0.4, -0.2) is 29.1 Å². The molecule has 4 aromatic heterocycles. The maximum absolute atomic E-state index is 13.3. The number of pyridine rings is 2. The van der Waals surface area contributed by atoms with E-state index in [0.717, 1.165) is 11.1 Å². The van der Waals surface area contributed by atoms with E-state index in [2.05, 4.69) is 20.1 Å². The first-order chi connectivity index (χ1) is 13.3. The van der Waals surface area contributed by atoms with E-state index in [9.17, 15) is 4.79 Å². The Hall–Kier alpha value is -3.87. The smallest absolute Gasteiger partial charge is 0.262 e. The Balaban J connectivity index is 1.82. The molecule has 0 N–H and O–H groups in total. The van der Waals surface area contributed by atoms with Crippen molar-refractivity contribution in [3.05, 3.63) is 89.4 Å². The summed E-state index contributed by atoms with van der Waals surface area (Å²) in [5, 5.41) is 4.81. The van der Waals surface area contributed by atoms with Crippen molar-refractivity contribution in [2.24, 2.45) is 0 Å². The summed E-state index contributed by atoms with van der Waals surface area (Å²) in [7, 11) is 0. The van der Waals surface area contributed by atoms with Gasteiger partial charge in [0.1, 0.15) is 6.33 Å². The first-order valence-electron chi connectivity index (χ1n) is 8.48. The average Bonchev–Trinajstić information content (AvgIpc) is 3.18. The highest BCUT2D eigenvalue weighted by atomic mass is 16.1. The molecule has 5 aromatic rings. The van der Waals surface area contributed by atoms with Crippen molar-refractivity contribution in [1.29, 1.82) is 0 Å². The lowest BCUT2D eigenvalue weighted by Crippen LogP contribution is -2.22. The third-order valence-corrected chi connectivity index (χ3v) is 4.49. The highest BCUT2D eigenvalue weighted by Crippen LogP contribution is 2.25. The minimum absolute atomic E-state index is 0.118. The lowest BCUT2D eigenvalue weighted by atomic mass is 10.1. The van der Waals surface area contributed by atoms with Crippen LogP contribution in [0.25, 0.3) is 27.9 Å². The molecule has 7 heteroatoms. The SMILES string of the molecule is O=c1c2c(-c3ccccc3)n3ncnc3nc2ccn1Cc1ccncc1. The lowest BCUT2D eigenvalue weighted by Gasteiger charge is -2.11. The second kappa shape index (κ2) is 6.14. The molecule has 0 bridgehead atoms. The van der Waals surface area contributed by atoms with Gasteiger partial charge in [0.15, 0.2) is 0 Å². The number of hydrogen-bond acceptors (Lipinski definition) is 5. The van der Waals surface area contributed by atoms with Crippen LogP contribution >= 0.6 is 0 Å². The molecule has 0 aliphatic carbocycles. The van der Waals surface area contributed by atoms with Crippen molar-refractivity contribution in [3.8, 4) is 11.3 Å². The number of aromatic nitrogens is 6. The van der Waals surface area contributed by atoms with E-state index in [0.29, 0.717) is 28.9 Å². The predicted molar refractivity (Wildman–Crippen MR) is 101 cm³/mol. The van der Waals surface area contributed by atoms with Gasteiger partial charge in [-0.05, 0) is 23.8 Å². The first kappa shape index (κ1) is 15.4. The van der Waals surface area contributed by atoms with E-state index >= 15 is 0 Å².